The van der Waals surface area contributed by atoms with Crippen LogP contribution in [0.3, 0.4) is 0 Å². The van der Waals surface area contributed by atoms with Crippen molar-refractivity contribution in [3.63, 3.8) is 0 Å². The van der Waals surface area contributed by atoms with Crippen molar-refractivity contribution in [2.45, 2.75) is 39.2 Å². The van der Waals surface area contributed by atoms with Crippen LogP contribution in [0, 0.1) is 5.92 Å². The van der Waals surface area contributed by atoms with E-state index in [2.05, 4.69) is 26.6 Å². The van der Waals surface area contributed by atoms with Crippen LogP contribution in [-0.2, 0) is 9.59 Å². The number of carbonyl (C=O) groups is 3. The molecule has 0 saturated carbocycles. The first kappa shape index (κ1) is 20.4. The zero-order chi connectivity index (χ0) is 19.1. The first-order valence-corrected chi connectivity index (χ1v) is 9.84. The van der Waals surface area contributed by atoms with E-state index in [1.165, 1.54) is 0 Å². The van der Waals surface area contributed by atoms with Gasteiger partial charge < -0.3 is 15.5 Å². The van der Waals surface area contributed by atoms with E-state index in [1.54, 1.807) is 24.0 Å². The summed E-state index contributed by atoms with van der Waals surface area (Å²) in [6, 6.07) is 6.73. The summed E-state index contributed by atoms with van der Waals surface area (Å²) < 4.78 is 0.932. The number of piperidine rings is 1. The number of hydrogen-bond acceptors (Lipinski definition) is 3. The molecule has 1 aliphatic rings. The second-order valence-electron chi connectivity index (χ2n) is 6.59. The maximum atomic E-state index is 12.5. The molecule has 26 heavy (non-hydrogen) atoms. The number of hydrogen-bond donors (Lipinski definition) is 2. The van der Waals surface area contributed by atoms with Crippen molar-refractivity contribution in [2.75, 3.05) is 19.6 Å². The van der Waals surface area contributed by atoms with E-state index < -0.39 is 6.04 Å². The molecule has 3 amide bonds. The van der Waals surface area contributed by atoms with Crippen LogP contribution in [-0.4, -0.2) is 48.3 Å². The molecule has 0 aromatic heterocycles. The third kappa shape index (κ3) is 5.56. The molecule has 1 atom stereocenters. The first-order chi connectivity index (χ1) is 12.4. The molecule has 6 nitrogen and oxygen atoms in total. The van der Waals surface area contributed by atoms with Crippen molar-refractivity contribution in [1.82, 2.24) is 15.5 Å². The Hall–Kier alpha value is -1.89. The summed E-state index contributed by atoms with van der Waals surface area (Å²) in [5.74, 6) is -0.447. The second kappa shape index (κ2) is 9.71. The van der Waals surface area contributed by atoms with Crippen molar-refractivity contribution in [2.24, 2.45) is 5.92 Å². The van der Waals surface area contributed by atoms with Crippen molar-refractivity contribution in [1.29, 1.82) is 0 Å². The molecule has 2 N–H and O–H groups in total. The number of likely N-dealkylation sites (tertiary alicyclic amines) is 1. The van der Waals surface area contributed by atoms with E-state index in [4.69, 9.17) is 0 Å². The smallest absolute Gasteiger partial charge is 0.253 e. The largest absolute Gasteiger partial charge is 0.354 e. The highest BCUT2D eigenvalue weighted by Gasteiger charge is 2.29. The third-order valence-corrected chi connectivity index (χ3v) is 5.07. The van der Waals surface area contributed by atoms with E-state index in [0.29, 0.717) is 38.0 Å². The summed E-state index contributed by atoms with van der Waals surface area (Å²) in [5, 5.41) is 5.56. The number of rotatable bonds is 6. The molecule has 1 fully saturated rings. The minimum atomic E-state index is -0.545. The molecule has 0 unspecified atom stereocenters. The van der Waals surface area contributed by atoms with Gasteiger partial charge in [0, 0.05) is 35.6 Å². The van der Waals surface area contributed by atoms with Crippen LogP contribution in [0.4, 0.5) is 0 Å². The molecule has 0 aliphatic carbocycles. The highest BCUT2D eigenvalue weighted by atomic mass is 79.9. The molecular formula is C19H26BrN3O3. The van der Waals surface area contributed by atoms with Crippen LogP contribution in [0.2, 0.25) is 0 Å². The summed E-state index contributed by atoms with van der Waals surface area (Å²) in [6.45, 7) is 5.37. The molecule has 0 spiro atoms. The SMILES string of the molecule is CCCNC(=O)[C@@H](C)NC(=O)C1CCN(C(=O)c2ccc(Br)cc2)CC1. The van der Waals surface area contributed by atoms with Crippen LogP contribution < -0.4 is 10.6 Å². The second-order valence-corrected chi connectivity index (χ2v) is 7.51. The van der Waals surface area contributed by atoms with Crippen molar-refractivity contribution >= 4 is 33.7 Å². The Morgan fingerprint density at radius 3 is 2.38 bits per heavy atom. The number of nitrogens with one attached hydrogen (secondary N) is 2. The van der Waals surface area contributed by atoms with E-state index >= 15 is 0 Å². The molecule has 1 heterocycles. The van der Waals surface area contributed by atoms with Gasteiger partial charge in [-0.25, -0.2) is 0 Å². The number of carbonyl (C=O) groups excluding carboxylic acids is 3. The van der Waals surface area contributed by atoms with Crippen molar-refractivity contribution in [3.05, 3.63) is 34.3 Å². The molecule has 7 heteroatoms. The Morgan fingerprint density at radius 1 is 1.19 bits per heavy atom. The standard InChI is InChI=1S/C19H26BrN3O3/c1-3-10-21-17(24)13(2)22-18(25)14-8-11-23(12-9-14)19(26)15-4-6-16(20)7-5-15/h4-7,13-14H,3,8-12H2,1-2H3,(H,21,24)(H,22,25)/t13-/m1/s1. The van der Waals surface area contributed by atoms with Gasteiger partial charge in [-0.3, -0.25) is 14.4 Å². The average molecular weight is 424 g/mol. The van der Waals surface area contributed by atoms with Crippen LogP contribution >= 0.6 is 15.9 Å². The number of nitrogens with zero attached hydrogens (tertiary/aromatic N) is 1. The Balaban J connectivity index is 1.81. The molecule has 0 radical (unpaired) electrons. The maximum Gasteiger partial charge on any atom is 0.253 e. The molecule has 1 saturated heterocycles. The van der Waals surface area contributed by atoms with Crippen LogP contribution in [0.25, 0.3) is 0 Å². The highest BCUT2D eigenvalue weighted by molar-refractivity contribution is 9.10. The molecule has 1 aromatic rings. The monoisotopic (exact) mass is 423 g/mol. The lowest BCUT2D eigenvalue weighted by atomic mass is 9.95. The predicted molar refractivity (Wildman–Crippen MR) is 104 cm³/mol. The molecule has 142 valence electrons. The zero-order valence-electron chi connectivity index (χ0n) is 15.3. The van der Waals surface area contributed by atoms with E-state index in [0.717, 1.165) is 10.9 Å². The van der Waals surface area contributed by atoms with E-state index in [1.807, 2.05) is 19.1 Å². The van der Waals surface area contributed by atoms with Crippen LogP contribution in [0.1, 0.15) is 43.5 Å². The fraction of sp³-hybridized carbons (Fsp3) is 0.526. The number of benzene rings is 1. The minimum Gasteiger partial charge on any atom is -0.354 e. The average Bonchev–Trinajstić information content (AvgIpc) is 2.66. The van der Waals surface area contributed by atoms with Gasteiger partial charge in [-0.1, -0.05) is 22.9 Å². The van der Waals surface area contributed by atoms with Crippen LogP contribution in [0.5, 0.6) is 0 Å². The van der Waals surface area contributed by atoms with E-state index in [9.17, 15) is 14.4 Å². The lowest BCUT2D eigenvalue weighted by Gasteiger charge is -2.32. The molecule has 1 aromatic carbocycles. The van der Waals surface area contributed by atoms with Crippen molar-refractivity contribution < 1.29 is 14.4 Å². The van der Waals surface area contributed by atoms with Gasteiger partial charge in [-0.15, -0.1) is 0 Å². The van der Waals surface area contributed by atoms with Crippen molar-refractivity contribution in [3.8, 4) is 0 Å². The summed E-state index contributed by atoms with van der Waals surface area (Å²) in [5.41, 5.74) is 0.650. The quantitative estimate of drug-likeness (QED) is 0.736. The van der Waals surface area contributed by atoms with Gasteiger partial charge in [0.15, 0.2) is 0 Å². The third-order valence-electron chi connectivity index (χ3n) is 4.55. The van der Waals surface area contributed by atoms with Gasteiger partial charge in [0.25, 0.3) is 5.91 Å². The zero-order valence-corrected chi connectivity index (χ0v) is 16.8. The highest BCUT2D eigenvalue weighted by Crippen LogP contribution is 2.20. The van der Waals surface area contributed by atoms with Crippen LogP contribution in [0.15, 0.2) is 28.7 Å². The lowest BCUT2D eigenvalue weighted by Crippen LogP contribution is -2.49. The summed E-state index contributed by atoms with van der Waals surface area (Å²) in [6.07, 6.45) is 2.08. The fourth-order valence-corrected chi connectivity index (χ4v) is 3.18. The summed E-state index contributed by atoms with van der Waals surface area (Å²) in [4.78, 5) is 38.5. The molecule has 1 aliphatic heterocycles. The Morgan fingerprint density at radius 2 is 1.81 bits per heavy atom. The predicted octanol–water partition coefficient (Wildman–Crippen LogP) is 2.33. The Labute approximate surface area is 162 Å². The Bertz CT molecular complexity index is 640. The first-order valence-electron chi connectivity index (χ1n) is 9.05. The minimum absolute atomic E-state index is 0.0105. The lowest BCUT2D eigenvalue weighted by molar-refractivity contribution is -0.131. The number of amides is 3. The topological polar surface area (TPSA) is 78.5 Å². The summed E-state index contributed by atoms with van der Waals surface area (Å²) in [7, 11) is 0. The molecular weight excluding hydrogens is 398 g/mol. The number of halogens is 1. The van der Waals surface area contributed by atoms with E-state index in [-0.39, 0.29) is 23.6 Å². The van der Waals surface area contributed by atoms with Gasteiger partial charge >= 0.3 is 0 Å². The maximum absolute atomic E-state index is 12.5. The molecule has 0 bridgehead atoms. The van der Waals surface area contributed by atoms with Gasteiger partial charge in [0.2, 0.25) is 11.8 Å². The van der Waals surface area contributed by atoms with Gasteiger partial charge in [0.05, 0.1) is 0 Å². The van der Waals surface area contributed by atoms with Gasteiger partial charge in [-0.05, 0) is 50.5 Å². The summed E-state index contributed by atoms with van der Waals surface area (Å²) >= 11 is 3.36. The molecule has 2 rings (SSSR count). The van der Waals surface area contributed by atoms with Gasteiger partial charge in [-0.2, -0.15) is 0 Å². The Kier molecular flexibility index (Phi) is 7.63. The van der Waals surface area contributed by atoms with Gasteiger partial charge in [0.1, 0.15) is 6.04 Å². The normalized spacial score (nSPS) is 16.0. The fourth-order valence-electron chi connectivity index (χ4n) is 2.92.